The van der Waals surface area contributed by atoms with Crippen molar-refractivity contribution in [1.29, 1.82) is 0 Å². The first kappa shape index (κ1) is 14.0. The highest BCUT2D eigenvalue weighted by Gasteiger charge is 2.18. The van der Waals surface area contributed by atoms with E-state index >= 15 is 0 Å². The van der Waals surface area contributed by atoms with Crippen molar-refractivity contribution in [2.24, 2.45) is 5.73 Å². The molecule has 0 aromatic heterocycles. The van der Waals surface area contributed by atoms with E-state index in [2.05, 4.69) is 13.8 Å². The van der Waals surface area contributed by atoms with Crippen LogP contribution in [-0.4, -0.2) is 23.9 Å². The number of aryl methyl sites for hydroxylation is 1. The molecule has 3 nitrogen and oxygen atoms in total. The zero-order valence-electron chi connectivity index (χ0n) is 10.7. The molecule has 96 valence electrons. The van der Waals surface area contributed by atoms with Crippen LogP contribution in [0.15, 0.2) is 24.3 Å². The average Bonchev–Trinajstić information content (AvgIpc) is 2.36. The topological polar surface area (TPSA) is 55.5 Å². The minimum Gasteiger partial charge on any atom is -0.486 e. The van der Waals surface area contributed by atoms with Crippen molar-refractivity contribution < 1.29 is 9.84 Å². The van der Waals surface area contributed by atoms with Crippen LogP contribution < -0.4 is 10.5 Å². The van der Waals surface area contributed by atoms with E-state index in [-0.39, 0.29) is 18.8 Å². The van der Waals surface area contributed by atoms with Gasteiger partial charge in [0.2, 0.25) is 0 Å². The van der Waals surface area contributed by atoms with Crippen LogP contribution in [0.4, 0.5) is 0 Å². The Bertz CT molecular complexity index is 328. The monoisotopic (exact) mass is 237 g/mol. The molecule has 0 aliphatic carbocycles. The van der Waals surface area contributed by atoms with E-state index in [9.17, 15) is 5.11 Å². The van der Waals surface area contributed by atoms with Crippen molar-refractivity contribution in [3.05, 3.63) is 29.8 Å². The maximum absolute atomic E-state index is 9.34. The van der Waals surface area contributed by atoms with Gasteiger partial charge < -0.3 is 15.6 Å². The van der Waals surface area contributed by atoms with Crippen LogP contribution in [0.5, 0.6) is 5.75 Å². The SMILES string of the molecule is CCCC(N)C(CO)Oc1ccccc1CC. The molecule has 0 fully saturated rings. The summed E-state index contributed by atoms with van der Waals surface area (Å²) in [4.78, 5) is 0. The van der Waals surface area contributed by atoms with E-state index in [4.69, 9.17) is 10.5 Å². The average molecular weight is 237 g/mol. The minimum atomic E-state index is -0.317. The highest BCUT2D eigenvalue weighted by atomic mass is 16.5. The van der Waals surface area contributed by atoms with Gasteiger partial charge in [-0.25, -0.2) is 0 Å². The number of nitrogens with two attached hydrogens (primary N) is 1. The van der Waals surface area contributed by atoms with Crippen LogP contribution in [-0.2, 0) is 6.42 Å². The minimum absolute atomic E-state index is 0.0424. The zero-order chi connectivity index (χ0) is 12.7. The fourth-order valence-electron chi connectivity index (χ4n) is 1.85. The van der Waals surface area contributed by atoms with Crippen LogP contribution in [0, 0.1) is 0 Å². The van der Waals surface area contributed by atoms with Crippen molar-refractivity contribution in [3.8, 4) is 5.75 Å². The number of aliphatic hydroxyl groups excluding tert-OH is 1. The summed E-state index contributed by atoms with van der Waals surface area (Å²) in [6.45, 7) is 4.12. The Morgan fingerprint density at radius 2 is 2.00 bits per heavy atom. The zero-order valence-corrected chi connectivity index (χ0v) is 10.7. The summed E-state index contributed by atoms with van der Waals surface area (Å²) >= 11 is 0. The lowest BCUT2D eigenvalue weighted by Gasteiger charge is -2.24. The third-order valence-electron chi connectivity index (χ3n) is 2.91. The largest absolute Gasteiger partial charge is 0.486 e. The van der Waals surface area contributed by atoms with Crippen LogP contribution in [0.25, 0.3) is 0 Å². The highest BCUT2D eigenvalue weighted by molar-refractivity contribution is 5.33. The second kappa shape index (κ2) is 7.30. The Kier molecular flexibility index (Phi) is 6.01. The van der Waals surface area contributed by atoms with Gasteiger partial charge in [0.05, 0.1) is 6.61 Å². The Balaban J connectivity index is 2.73. The molecule has 0 spiro atoms. The van der Waals surface area contributed by atoms with Crippen molar-refractivity contribution in [2.45, 2.75) is 45.3 Å². The van der Waals surface area contributed by atoms with E-state index < -0.39 is 0 Å². The van der Waals surface area contributed by atoms with E-state index in [1.165, 1.54) is 0 Å². The molecule has 0 saturated carbocycles. The van der Waals surface area contributed by atoms with Gasteiger partial charge in [-0.05, 0) is 24.5 Å². The summed E-state index contributed by atoms with van der Waals surface area (Å²) in [6.07, 6.45) is 2.45. The molecule has 0 saturated heterocycles. The molecule has 3 heteroatoms. The molecule has 2 unspecified atom stereocenters. The third kappa shape index (κ3) is 4.02. The first-order valence-electron chi connectivity index (χ1n) is 6.33. The van der Waals surface area contributed by atoms with E-state index in [0.29, 0.717) is 0 Å². The number of ether oxygens (including phenoxy) is 1. The van der Waals surface area contributed by atoms with Crippen molar-refractivity contribution in [3.63, 3.8) is 0 Å². The predicted octanol–water partition coefficient (Wildman–Crippen LogP) is 2.12. The Morgan fingerprint density at radius 3 is 2.59 bits per heavy atom. The lowest BCUT2D eigenvalue weighted by Crippen LogP contribution is -2.41. The molecule has 1 rings (SSSR count). The van der Waals surface area contributed by atoms with Crippen molar-refractivity contribution in [1.82, 2.24) is 0 Å². The Morgan fingerprint density at radius 1 is 1.29 bits per heavy atom. The van der Waals surface area contributed by atoms with Gasteiger partial charge in [-0.1, -0.05) is 38.5 Å². The van der Waals surface area contributed by atoms with E-state index in [0.717, 1.165) is 30.6 Å². The maximum atomic E-state index is 9.34. The molecular weight excluding hydrogens is 214 g/mol. The summed E-state index contributed by atoms with van der Waals surface area (Å²) in [5.41, 5.74) is 7.14. The van der Waals surface area contributed by atoms with Gasteiger partial charge in [-0.3, -0.25) is 0 Å². The first-order valence-corrected chi connectivity index (χ1v) is 6.33. The summed E-state index contributed by atoms with van der Waals surface area (Å²) in [7, 11) is 0. The molecule has 0 bridgehead atoms. The number of benzene rings is 1. The summed E-state index contributed by atoms with van der Waals surface area (Å²) in [6, 6.07) is 7.78. The summed E-state index contributed by atoms with van der Waals surface area (Å²) in [5.74, 6) is 0.834. The second-order valence-corrected chi connectivity index (χ2v) is 4.25. The predicted molar refractivity (Wildman–Crippen MR) is 70.2 cm³/mol. The van der Waals surface area contributed by atoms with Gasteiger partial charge in [0.15, 0.2) is 0 Å². The van der Waals surface area contributed by atoms with Gasteiger partial charge in [0.25, 0.3) is 0 Å². The van der Waals surface area contributed by atoms with E-state index in [1.54, 1.807) is 0 Å². The molecule has 0 aliphatic heterocycles. The smallest absolute Gasteiger partial charge is 0.137 e. The summed E-state index contributed by atoms with van der Waals surface area (Å²) in [5, 5.41) is 9.34. The van der Waals surface area contributed by atoms with Crippen molar-refractivity contribution in [2.75, 3.05) is 6.61 Å². The second-order valence-electron chi connectivity index (χ2n) is 4.25. The lowest BCUT2D eigenvalue weighted by atomic mass is 10.1. The molecule has 3 N–H and O–H groups in total. The fraction of sp³-hybridized carbons (Fsp3) is 0.571. The molecule has 0 heterocycles. The Labute approximate surface area is 104 Å². The number of para-hydroxylation sites is 1. The number of aliphatic hydroxyl groups is 1. The fourth-order valence-corrected chi connectivity index (χ4v) is 1.85. The van der Waals surface area contributed by atoms with E-state index in [1.807, 2.05) is 24.3 Å². The molecule has 0 radical (unpaired) electrons. The molecular formula is C14H23NO2. The number of hydrogen-bond donors (Lipinski definition) is 2. The van der Waals surface area contributed by atoms with Crippen LogP contribution >= 0.6 is 0 Å². The first-order chi connectivity index (χ1) is 8.22. The molecule has 0 aliphatic rings. The molecule has 1 aromatic carbocycles. The van der Waals surface area contributed by atoms with Crippen LogP contribution in [0.2, 0.25) is 0 Å². The molecule has 17 heavy (non-hydrogen) atoms. The Hall–Kier alpha value is -1.06. The molecule has 0 amide bonds. The van der Waals surface area contributed by atoms with Crippen LogP contribution in [0.1, 0.15) is 32.3 Å². The van der Waals surface area contributed by atoms with Gasteiger partial charge >= 0.3 is 0 Å². The highest BCUT2D eigenvalue weighted by Crippen LogP contribution is 2.20. The summed E-state index contributed by atoms with van der Waals surface area (Å²) < 4.78 is 5.82. The number of hydrogen-bond acceptors (Lipinski definition) is 3. The van der Waals surface area contributed by atoms with Gasteiger partial charge in [0.1, 0.15) is 11.9 Å². The number of rotatable bonds is 7. The van der Waals surface area contributed by atoms with Crippen molar-refractivity contribution >= 4 is 0 Å². The lowest BCUT2D eigenvalue weighted by molar-refractivity contribution is 0.0908. The molecule has 2 atom stereocenters. The normalized spacial score (nSPS) is 14.4. The van der Waals surface area contributed by atoms with Gasteiger partial charge in [-0.15, -0.1) is 0 Å². The van der Waals surface area contributed by atoms with Gasteiger partial charge in [0, 0.05) is 6.04 Å². The molecule has 1 aromatic rings. The quantitative estimate of drug-likeness (QED) is 0.763. The van der Waals surface area contributed by atoms with Gasteiger partial charge in [-0.2, -0.15) is 0 Å². The standard InChI is InChI=1S/C14H23NO2/c1-3-7-12(15)14(10-16)17-13-9-6-5-8-11(13)4-2/h5-6,8-9,12,14,16H,3-4,7,10,15H2,1-2H3. The third-order valence-corrected chi connectivity index (χ3v) is 2.91. The van der Waals surface area contributed by atoms with Crippen LogP contribution in [0.3, 0.4) is 0 Å². The maximum Gasteiger partial charge on any atom is 0.137 e.